The van der Waals surface area contributed by atoms with Gasteiger partial charge in [0.15, 0.2) is 0 Å². The highest BCUT2D eigenvalue weighted by Crippen LogP contribution is 2.24. The molecule has 1 atom stereocenters. The third-order valence-corrected chi connectivity index (χ3v) is 5.40. The molecule has 2 aromatic carbocycles. The van der Waals surface area contributed by atoms with Crippen LogP contribution in [0, 0.1) is 5.82 Å². The van der Waals surface area contributed by atoms with E-state index < -0.39 is 0 Å². The molecule has 2 heterocycles. The number of fused-ring (bicyclic) bond motifs is 1. The Bertz CT molecular complexity index is 1080. The number of amides is 1. The van der Waals surface area contributed by atoms with E-state index in [1.54, 1.807) is 27.1 Å². The summed E-state index contributed by atoms with van der Waals surface area (Å²) >= 11 is 0. The molecule has 1 aliphatic heterocycles. The molecule has 3 aromatic rings. The van der Waals surface area contributed by atoms with Crippen molar-refractivity contribution in [2.24, 2.45) is 7.05 Å². The van der Waals surface area contributed by atoms with Gasteiger partial charge in [0.1, 0.15) is 5.82 Å². The number of hydrogen-bond acceptors (Lipinski definition) is 3. The van der Waals surface area contributed by atoms with Gasteiger partial charge in [-0.1, -0.05) is 24.3 Å². The molecule has 8 heteroatoms. The Morgan fingerprint density at radius 2 is 1.93 bits per heavy atom. The Morgan fingerprint density at radius 1 is 1.17 bits per heavy atom. The monoisotopic (exact) mass is 418 g/mol. The lowest BCUT2D eigenvalue weighted by molar-refractivity contribution is -0.134. The smallest absolute Gasteiger partial charge is 0.328 e. The minimum absolute atomic E-state index is 0. The molecule has 1 N–H and O–H groups in total. The standard InChI is InChI=1S/C21H23FN4O2.ClH/c1-24-17-7-2-3-8-18(17)26(21(24)28)11-9-20(27)25-12-10-23-14-19(25)15-5-4-6-16(22)13-15;/h2-8,13,19,23H,9-12,14H2,1H3;1H. The summed E-state index contributed by atoms with van der Waals surface area (Å²) in [7, 11) is 1.74. The van der Waals surface area contributed by atoms with Crippen LogP contribution in [0.1, 0.15) is 18.0 Å². The van der Waals surface area contributed by atoms with Crippen LogP contribution in [0.4, 0.5) is 4.39 Å². The summed E-state index contributed by atoms with van der Waals surface area (Å²) < 4.78 is 16.9. The van der Waals surface area contributed by atoms with Crippen LogP contribution in [0.25, 0.3) is 11.0 Å². The fraction of sp³-hybridized carbons (Fsp3) is 0.333. The number of hydrogen-bond donors (Lipinski definition) is 1. The number of carbonyl (C=O) groups is 1. The fourth-order valence-electron chi connectivity index (χ4n) is 3.94. The largest absolute Gasteiger partial charge is 0.333 e. The zero-order valence-electron chi connectivity index (χ0n) is 16.2. The van der Waals surface area contributed by atoms with Gasteiger partial charge in [-0.25, -0.2) is 9.18 Å². The predicted molar refractivity (Wildman–Crippen MR) is 113 cm³/mol. The molecule has 0 radical (unpaired) electrons. The van der Waals surface area contributed by atoms with E-state index in [4.69, 9.17) is 0 Å². The maximum atomic E-state index is 13.7. The molecule has 29 heavy (non-hydrogen) atoms. The summed E-state index contributed by atoms with van der Waals surface area (Å²) in [6.45, 7) is 2.17. The predicted octanol–water partition coefficient (Wildman–Crippen LogP) is 2.46. The van der Waals surface area contributed by atoms with Gasteiger partial charge >= 0.3 is 5.69 Å². The highest BCUT2D eigenvalue weighted by molar-refractivity contribution is 5.85. The highest BCUT2D eigenvalue weighted by Gasteiger charge is 2.28. The number of rotatable bonds is 4. The minimum atomic E-state index is -0.308. The van der Waals surface area contributed by atoms with E-state index in [-0.39, 0.29) is 42.3 Å². The zero-order valence-corrected chi connectivity index (χ0v) is 17.0. The first-order chi connectivity index (χ1) is 13.6. The van der Waals surface area contributed by atoms with Crippen LogP contribution in [0.3, 0.4) is 0 Å². The van der Waals surface area contributed by atoms with Gasteiger partial charge in [-0.15, -0.1) is 12.4 Å². The van der Waals surface area contributed by atoms with Crippen LogP contribution in [0.2, 0.25) is 0 Å². The molecule has 1 saturated heterocycles. The first-order valence-corrected chi connectivity index (χ1v) is 9.46. The molecule has 154 valence electrons. The van der Waals surface area contributed by atoms with Crippen molar-refractivity contribution >= 4 is 29.3 Å². The minimum Gasteiger partial charge on any atom is -0.333 e. The Balaban J connectivity index is 0.00000240. The number of halogens is 2. The summed E-state index contributed by atoms with van der Waals surface area (Å²) in [5.74, 6) is -0.339. The molecule has 1 unspecified atom stereocenters. The molecular weight excluding hydrogens is 395 g/mol. The van der Waals surface area contributed by atoms with Gasteiger partial charge in [-0.2, -0.15) is 0 Å². The molecule has 0 aliphatic carbocycles. The number of nitrogens with zero attached hydrogens (tertiary/aromatic N) is 3. The number of carbonyl (C=O) groups excluding carboxylic acids is 1. The van der Waals surface area contributed by atoms with Crippen molar-refractivity contribution in [3.63, 3.8) is 0 Å². The fourth-order valence-corrected chi connectivity index (χ4v) is 3.94. The average Bonchev–Trinajstić information content (AvgIpc) is 2.96. The molecule has 6 nitrogen and oxygen atoms in total. The first-order valence-electron chi connectivity index (χ1n) is 9.46. The van der Waals surface area contributed by atoms with Crippen molar-refractivity contribution in [3.8, 4) is 0 Å². The number of aryl methyl sites for hydroxylation is 2. The molecule has 0 spiro atoms. The summed E-state index contributed by atoms with van der Waals surface area (Å²) in [6.07, 6.45) is 0.222. The van der Waals surface area contributed by atoms with Crippen molar-refractivity contribution in [2.75, 3.05) is 19.6 Å². The molecule has 1 aromatic heterocycles. The Morgan fingerprint density at radius 3 is 2.69 bits per heavy atom. The van der Waals surface area contributed by atoms with Crippen molar-refractivity contribution in [3.05, 3.63) is 70.4 Å². The summed E-state index contributed by atoms with van der Waals surface area (Å²) in [5.41, 5.74) is 2.32. The van der Waals surface area contributed by atoms with E-state index in [9.17, 15) is 14.0 Å². The molecule has 0 bridgehead atoms. The SMILES string of the molecule is Cl.Cn1c(=O)n(CCC(=O)N2CCNCC2c2cccc(F)c2)c2ccccc21. The Labute approximate surface area is 174 Å². The molecule has 0 saturated carbocycles. The number of aromatic nitrogens is 2. The maximum absolute atomic E-state index is 13.7. The van der Waals surface area contributed by atoms with Gasteiger partial charge in [-0.3, -0.25) is 13.9 Å². The second-order valence-electron chi connectivity index (χ2n) is 7.09. The van der Waals surface area contributed by atoms with Gasteiger partial charge < -0.3 is 10.2 Å². The summed E-state index contributed by atoms with van der Waals surface area (Å²) in [4.78, 5) is 27.3. The second-order valence-corrected chi connectivity index (χ2v) is 7.09. The number of benzene rings is 2. The van der Waals surface area contributed by atoms with Crippen molar-refractivity contribution in [1.82, 2.24) is 19.4 Å². The van der Waals surface area contributed by atoms with Crippen LogP contribution in [0.15, 0.2) is 53.3 Å². The zero-order chi connectivity index (χ0) is 19.7. The van der Waals surface area contributed by atoms with Crippen molar-refractivity contribution in [2.45, 2.75) is 19.0 Å². The quantitative estimate of drug-likeness (QED) is 0.708. The number of para-hydroxylation sites is 2. The third kappa shape index (κ3) is 4.06. The van der Waals surface area contributed by atoms with Gasteiger partial charge in [0.05, 0.1) is 17.1 Å². The Kier molecular flexibility index (Phi) is 6.39. The van der Waals surface area contributed by atoms with Gasteiger partial charge in [-0.05, 0) is 29.8 Å². The van der Waals surface area contributed by atoms with E-state index >= 15 is 0 Å². The van der Waals surface area contributed by atoms with Crippen LogP contribution in [0.5, 0.6) is 0 Å². The molecule has 1 fully saturated rings. The third-order valence-electron chi connectivity index (χ3n) is 5.40. The lowest BCUT2D eigenvalue weighted by atomic mass is 10.0. The number of nitrogens with one attached hydrogen (secondary N) is 1. The topological polar surface area (TPSA) is 59.3 Å². The number of piperazine rings is 1. The summed E-state index contributed by atoms with van der Waals surface area (Å²) in [5, 5.41) is 3.27. The van der Waals surface area contributed by atoms with Gasteiger partial charge in [0, 0.05) is 39.6 Å². The maximum Gasteiger partial charge on any atom is 0.328 e. The summed E-state index contributed by atoms with van der Waals surface area (Å²) in [6, 6.07) is 13.7. The van der Waals surface area contributed by atoms with E-state index in [0.29, 0.717) is 26.2 Å². The van der Waals surface area contributed by atoms with E-state index in [1.165, 1.54) is 12.1 Å². The van der Waals surface area contributed by atoms with Gasteiger partial charge in [0.2, 0.25) is 5.91 Å². The lowest BCUT2D eigenvalue weighted by Crippen LogP contribution is -2.49. The van der Waals surface area contributed by atoms with E-state index in [1.807, 2.05) is 30.3 Å². The van der Waals surface area contributed by atoms with Crippen molar-refractivity contribution in [1.29, 1.82) is 0 Å². The Hall–Kier alpha value is -2.64. The van der Waals surface area contributed by atoms with Crippen LogP contribution in [-0.2, 0) is 18.4 Å². The van der Waals surface area contributed by atoms with Crippen LogP contribution >= 0.6 is 12.4 Å². The van der Waals surface area contributed by atoms with E-state index in [2.05, 4.69) is 5.32 Å². The second kappa shape index (κ2) is 8.80. The molecular formula is C21H24ClFN4O2. The average molecular weight is 419 g/mol. The highest BCUT2D eigenvalue weighted by atomic mass is 35.5. The van der Waals surface area contributed by atoms with E-state index in [0.717, 1.165) is 16.6 Å². The molecule has 4 rings (SSSR count). The molecule has 1 aliphatic rings. The molecule has 1 amide bonds. The van der Waals surface area contributed by atoms with Gasteiger partial charge in [0.25, 0.3) is 0 Å². The van der Waals surface area contributed by atoms with Crippen LogP contribution in [-0.4, -0.2) is 39.6 Å². The number of imidazole rings is 1. The van der Waals surface area contributed by atoms with Crippen molar-refractivity contribution < 1.29 is 9.18 Å². The lowest BCUT2D eigenvalue weighted by Gasteiger charge is -2.36. The first kappa shape index (κ1) is 21.1. The normalized spacial score (nSPS) is 16.6. The van der Waals surface area contributed by atoms with Crippen LogP contribution < -0.4 is 11.0 Å².